The van der Waals surface area contributed by atoms with Crippen LogP contribution in [0.2, 0.25) is 5.02 Å². The first-order chi connectivity index (χ1) is 10.2. The smallest absolute Gasteiger partial charge is 0.321 e. The number of rotatable bonds is 3. The maximum Gasteiger partial charge on any atom is 0.321 e. The van der Waals surface area contributed by atoms with Crippen molar-refractivity contribution in [1.82, 2.24) is 19.9 Å². The number of aryl methyl sites for hydroxylation is 1. The minimum absolute atomic E-state index is 0.210. The van der Waals surface area contributed by atoms with Gasteiger partial charge < -0.3 is 9.47 Å². The summed E-state index contributed by atoms with van der Waals surface area (Å²) in [5, 5.41) is 1.24. The number of benzene rings is 1. The highest BCUT2D eigenvalue weighted by Gasteiger charge is 2.11. The minimum atomic E-state index is 0.210. The van der Waals surface area contributed by atoms with E-state index in [-0.39, 0.29) is 6.01 Å². The zero-order valence-electron chi connectivity index (χ0n) is 11.4. The van der Waals surface area contributed by atoms with Crippen LogP contribution in [0, 0.1) is 6.92 Å². The molecule has 0 aliphatic heterocycles. The van der Waals surface area contributed by atoms with E-state index >= 15 is 0 Å². The molecule has 106 valence electrons. The molecule has 0 fully saturated rings. The number of fused-ring (bicyclic) bond motifs is 1. The van der Waals surface area contributed by atoms with Gasteiger partial charge in [0.2, 0.25) is 0 Å². The largest absolute Gasteiger partial charge is 0.467 e. The summed E-state index contributed by atoms with van der Waals surface area (Å²) >= 11 is 5.75. The molecule has 0 atom stereocenters. The first-order valence-electron chi connectivity index (χ1n) is 6.14. The lowest BCUT2D eigenvalue weighted by molar-refractivity contribution is 0.380. The van der Waals surface area contributed by atoms with Crippen LogP contribution in [-0.2, 0) is 0 Å². The van der Waals surface area contributed by atoms with Gasteiger partial charge in [0.15, 0.2) is 0 Å². The zero-order chi connectivity index (χ0) is 14.8. The number of methoxy groups -OCH3 is 1. The van der Waals surface area contributed by atoms with Crippen molar-refractivity contribution in [2.45, 2.75) is 6.92 Å². The number of nitrogens with zero attached hydrogens (tertiary/aromatic N) is 4. The summed E-state index contributed by atoms with van der Waals surface area (Å²) in [7, 11) is 1.53. The van der Waals surface area contributed by atoms with Crippen LogP contribution >= 0.6 is 11.6 Å². The molecule has 2 aromatic heterocycles. The van der Waals surface area contributed by atoms with Crippen molar-refractivity contribution in [3.8, 4) is 17.8 Å². The van der Waals surface area contributed by atoms with E-state index in [1.165, 1.54) is 19.5 Å². The zero-order valence-corrected chi connectivity index (χ0v) is 12.1. The number of halogens is 1. The number of aromatic nitrogens is 4. The molecule has 0 aliphatic rings. The average Bonchev–Trinajstić information content (AvgIpc) is 2.49. The van der Waals surface area contributed by atoms with Crippen LogP contribution in [0.5, 0.6) is 17.8 Å². The summed E-state index contributed by atoms with van der Waals surface area (Å²) in [5.41, 5.74) is 1.48. The van der Waals surface area contributed by atoms with Crippen LogP contribution < -0.4 is 9.47 Å². The fraction of sp³-hybridized carbons (Fsp3) is 0.143. The van der Waals surface area contributed by atoms with Gasteiger partial charge in [0, 0.05) is 0 Å². The predicted molar refractivity (Wildman–Crippen MR) is 77.9 cm³/mol. The molecule has 1 aromatic carbocycles. The van der Waals surface area contributed by atoms with Crippen LogP contribution in [0.1, 0.15) is 5.69 Å². The van der Waals surface area contributed by atoms with Gasteiger partial charge in [-0.05, 0) is 19.1 Å². The highest BCUT2D eigenvalue weighted by Crippen LogP contribution is 2.30. The molecule has 0 unspecified atom stereocenters. The van der Waals surface area contributed by atoms with Gasteiger partial charge in [-0.1, -0.05) is 17.7 Å². The fourth-order valence-electron chi connectivity index (χ4n) is 1.93. The minimum Gasteiger partial charge on any atom is -0.467 e. The Hall–Kier alpha value is -2.47. The molecular weight excluding hydrogens is 292 g/mol. The molecule has 0 N–H and O–H groups in total. The summed E-state index contributed by atoms with van der Waals surface area (Å²) in [6, 6.07) is 6.03. The number of ether oxygens (including phenoxy) is 2. The van der Waals surface area contributed by atoms with Gasteiger partial charge in [0.25, 0.3) is 0 Å². The molecule has 6 nitrogen and oxygen atoms in total. The van der Waals surface area contributed by atoms with Crippen molar-refractivity contribution in [3.63, 3.8) is 0 Å². The quantitative estimate of drug-likeness (QED) is 0.740. The van der Waals surface area contributed by atoms with Crippen molar-refractivity contribution in [3.05, 3.63) is 41.3 Å². The third-order valence-corrected chi connectivity index (χ3v) is 3.02. The Morgan fingerprint density at radius 2 is 1.81 bits per heavy atom. The molecule has 0 spiro atoms. The standard InChI is InChI=1S/C14H11ClN4O2/c1-8-12-10(19-14(18-8)20-2)4-3-5-11(12)21-13-16-6-9(15)7-17-13/h3-7H,1-2H3. The summed E-state index contributed by atoms with van der Waals surface area (Å²) in [5.74, 6) is 0.579. The van der Waals surface area contributed by atoms with Crippen molar-refractivity contribution in [2.24, 2.45) is 0 Å². The fourth-order valence-corrected chi connectivity index (χ4v) is 2.03. The monoisotopic (exact) mass is 302 g/mol. The van der Waals surface area contributed by atoms with Crippen molar-refractivity contribution in [2.75, 3.05) is 7.11 Å². The van der Waals surface area contributed by atoms with Gasteiger partial charge in [0.1, 0.15) is 5.75 Å². The second-order valence-electron chi connectivity index (χ2n) is 4.23. The average molecular weight is 303 g/mol. The number of hydrogen-bond acceptors (Lipinski definition) is 6. The van der Waals surface area contributed by atoms with E-state index in [1.807, 2.05) is 25.1 Å². The maximum atomic E-state index is 5.75. The topological polar surface area (TPSA) is 70.0 Å². The van der Waals surface area contributed by atoms with Crippen LogP contribution in [0.4, 0.5) is 0 Å². The van der Waals surface area contributed by atoms with Crippen molar-refractivity contribution < 1.29 is 9.47 Å². The van der Waals surface area contributed by atoms with Crippen LogP contribution in [0.15, 0.2) is 30.6 Å². The predicted octanol–water partition coefficient (Wildman–Crippen LogP) is 3.18. The lowest BCUT2D eigenvalue weighted by Gasteiger charge is -2.09. The van der Waals surface area contributed by atoms with Crippen LogP contribution in [0.3, 0.4) is 0 Å². The van der Waals surface area contributed by atoms with Gasteiger partial charge >= 0.3 is 12.0 Å². The molecular formula is C14H11ClN4O2. The molecule has 0 radical (unpaired) electrons. The normalized spacial score (nSPS) is 10.6. The van der Waals surface area contributed by atoms with Gasteiger partial charge in [-0.25, -0.2) is 9.97 Å². The Labute approximate surface area is 125 Å². The Kier molecular flexibility index (Phi) is 3.53. The molecule has 3 rings (SSSR count). The van der Waals surface area contributed by atoms with Gasteiger partial charge in [-0.15, -0.1) is 0 Å². The highest BCUT2D eigenvalue weighted by atomic mass is 35.5. The van der Waals surface area contributed by atoms with E-state index < -0.39 is 0 Å². The van der Waals surface area contributed by atoms with Crippen LogP contribution in [0.25, 0.3) is 10.9 Å². The third-order valence-electron chi connectivity index (χ3n) is 2.83. The molecule has 21 heavy (non-hydrogen) atoms. The Bertz CT molecular complexity index is 793. The van der Waals surface area contributed by atoms with E-state index in [1.54, 1.807) is 0 Å². The van der Waals surface area contributed by atoms with E-state index in [0.717, 1.165) is 16.6 Å². The first kappa shape index (κ1) is 13.5. The summed E-state index contributed by atoms with van der Waals surface area (Å²) in [4.78, 5) is 16.6. The maximum absolute atomic E-state index is 5.75. The lowest BCUT2D eigenvalue weighted by atomic mass is 10.2. The molecule has 3 aromatic rings. The third kappa shape index (κ3) is 2.71. The van der Waals surface area contributed by atoms with Gasteiger partial charge in [0.05, 0.1) is 41.1 Å². The Morgan fingerprint density at radius 1 is 1.05 bits per heavy atom. The first-order valence-corrected chi connectivity index (χ1v) is 6.52. The van der Waals surface area contributed by atoms with E-state index in [0.29, 0.717) is 16.8 Å². The van der Waals surface area contributed by atoms with E-state index in [4.69, 9.17) is 21.1 Å². The number of hydrogen-bond donors (Lipinski definition) is 0. The van der Waals surface area contributed by atoms with Gasteiger partial charge in [-0.3, -0.25) is 0 Å². The Balaban J connectivity index is 2.08. The van der Waals surface area contributed by atoms with E-state index in [2.05, 4.69) is 19.9 Å². The lowest BCUT2D eigenvalue weighted by Crippen LogP contribution is -1.98. The van der Waals surface area contributed by atoms with Crippen molar-refractivity contribution in [1.29, 1.82) is 0 Å². The molecule has 2 heterocycles. The SMILES string of the molecule is COc1nc(C)c2c(Oc3ncc(Cl)cn3)cccc2n1. The summed E-state index contributed by atoms with van der Waals surface area (Å²) < 4.78 is 10.8. The summed E-state index contributed by atoms with van der Waals surface area (Å²) in [6.45, 7) is 1.86. The second-order valence-corrected chi connectivity index (χ2v) is 4.67. The van der Waals surface area contributed by atoms with Gasteiger partial charge in [-0.2, -0.15) is 9.97 Å². The molecule has 7 heteroatoms. The molecule has 0 bridgehead atoms. The Morgan fingerprint density at radius 3 is 2.52 bits per heavy atom. The van der Waals surface area contributed by atoms with Crippen molar-refractivity contribution >= 4 is 22.5 Å². The van der Waals surface area contributed by atoms with Crippen LogP contribution in [-0.4, -0.2) is 27.0 Å². The molecule has 0 saturated carbocycles. The molecule has 0 saturated heterocycles. The van der Waals surface area contributed by atoms with E-state index in [9.17, 15) is 0 Å². The molecule has 0 amide bonds. The summed E-state index contributed by atoms with van der Waals surface area (Å²) in [6.07, 6.45) is 2.95. The molecule has 0 aliphatic carbocycles. The second kappa shape index (κ2) is 5.49. The highest BCUT2D eigenvalue weighted by molar-refractivity contribution is 6.30.